The summed E-state index contributed by atoms with van der Waals surface area (Å²) in [4.78, 5) is 22.6. The molecule has 1 heterocycles. The Hall–Kier alpha value is -2.18. The maximum absolute atomic E-state index is 13.1. The number of alkyl halides is 2. The smallest absolute Gasteiger partial charge is 0.322 e. The van der Waals surface area contributed by atoms with E-state index in [1.165, 1.54) is 7.11 Å². The van der Waals surface area contributed by atoms with Crippen molar-refractivity contribution in [2.75, 3.05) is 7.11 Å². The van der Waals surface area contributed by atoms with E-state index in [0.29, 0.717) is 11.3 Å². The van der Waals surface area contributed by atoms with E-state index in [4.69, 9.17) is 4.74 Å². The Bertz CT molecular complexity index is 504. The monoisotopic (exact) mass is 270 g/mol. The minimum absolute atomic E-state index is 0.285. The van der Waals surface area contributed by atoms with Crippen molar-refractivity contribution in [2.45, 2.75) is 18.4 Å². The zero-order valence-electron chi connectivity index (χ0n) is 10.1. The molecule has 0 bridgehead atoms. The fraction of sp³-hybridized carbons (Fsp3) is 0.333. The average Bonchev–Trinajstić information content (AvgIpc) is 2.66. The molecule has 0 spiro atoms. The van der Waals surface area contributed by atoms with E-state index in [9.17, 15) is 18.4 Å². The third kappa shape index (κ3) is 2.35. The molecule has 1 aromatic carbocycles. The van der Waals surface area contributed by atoms with E-state index < -0.39 is 23.9 Å². The number of urea groups is 1. The molecule has 19 heavy (non-hydrogen) atoms. The molecule has 0 aromatic heterocycles. The van der Waals surface area contributed by atoms with Crippen molar-refractivity contribution in [1.29, 1.82) is 0 Å². The molecule has 2 rings (SSSR count). The third-order valence-electron chi connectivity index (χ3n) is 2.98. The van der Waals surface area contributed by atoms with Crippen LogP contribution in [0.15, 0.2) is 24.3 Å². The van der Waals surface area contributed by atoms with E-state index >= 15 is 0 Å². The van der Waals surface area contributed by atoms with Crippen molar-refractivity contribution in [3.63, 3.8) is 0 Å². The fourth-order valence-electron chi connectivity index (χ4n) is 1.93. The van der Waals surface area contributed by atoms with Gasteiger partial charge in [-0.15, -0.1) is 0 Å². The maximum atomic E-state index is 13.1. The lowest BCUT2D eigenvalue weighted by atomic mass is 9.91. The SMILES string of the molecule is COc1ccc(CC2(C(F)F)NC(=O)NC2=O)cc1. The highest BCUT2D eigenvalue weighted by molar-refractivity contribution is 6.07. The highest BCUT2D eigenvalue weighted by Crippen LogP contribution is 2.25. The molecule has 1 saturated heterocycles. The predicted molar refractivity (Wildman–Crippen MR) is 62.1 cm³/mol. The van der Waals surface area contributed by atoms with Crippen LogP contribution in [-0.2, 0) is 11.2 Å². The molecule has 1 unspecified atom stereocenters. The number of hydrogen-bond acceptors (Lipinski definition) is 3. The number of methoxy groups -OCH3 is 1. The van der Waals surface area contributed by atoms with E-state index in [0.717, 1.165) is 0 Å². The van der Waals surface area contributed by atoms with Gasteiger partial charge >= 0.3 is 6.03 Å². The number of amides is 3. The van der Waals surface area contributed by atoms with Gasteiger partial charge in [0.1, 0.15) is 5.75 Å². The molecule has 1 atom stereocenters. The highest BCUT2D eigenvalue weighted by Gasteiger charge is 2.53. The quantitative estimate of drug-likeness (QED) is 0.804. The average molecular weight is 270 g/mol. The third-order valence-corrected chi connectivity index (χ3v) is 2.98. The van der Waals surface area contributed by atoms with Gasteiger partial charge in [0.05, 0.1) is 7.11 Å². The lowest BCUT2D eigenvalue weighted by Gasteiger charge is -2.24. The molecule has 1 aromatic rings. The van der Waals surface area contributed by atoms with Gasteiger partial charge < -0.3 is 10.1 Å². The number of halogens is 2. The van der Waals surface area contributed by atoms with Gasteiger partial charge in [0.2, 0.25) is 0 Å². The lowest BCUT2D eigenvalue weighted by Crippen LogP contribution is -2.54. The first kappa shape index (κ1) is 13.3. The van der Waals surface area contributed by atoms with Gasteiger partial charge in [0, 0.05) is 6.42 Å². The minimum Gasteiger partial charge on any atom is -0.497 e. The van der Waals surface area contributed by atoms with E-state index in [1.807, 2.05) is 10.6 Å². The molecule has 102 valence electrons. The standard InChI is InChI=1S/C12H12F2N2O3/c1-19-8-4-2-7(3-5-8)6-12(9(13)14)10(17)15-11(18)16-12/h2-5,9H,6H2,1H3,(H2,15,16,17,18). The van der Waals surface area contributed by atoms with Crippen LogP contribution in [0.4, 0.5) is 13.6 Å². The Morgan fingerprint density at radius 1 is 1.26 bits per heavy atom. The van der Waals surface area contributed by atoms with Gasteiger partial charge in [0.15, 0.2) is 5.54 Å². The van der Waals surface area contributed by atoms with Crippen molar-refractivity contribution in [1.82, 2.24) is 10.6 Å². The van der Waals surface area contributed by atoms with Crippen LogP contribution in [-0.4, -0.2) is 31.0 Å². The number of carbonyl (C=O) groups is 2. The largest absolute Gasteiger partial charge is 0.497 e. The van der Waals surface area contributed by atoms with Gasteiger partial charge in [-0.25, -0.2) is 13.6 Å². The normalized spacial score (nSPS) is 22.3. The van der Waals surface area contributed by atoms with Gasteiger partial charge in [-0.2, -0.15) is 0 Å². The first-order valence-electron chi connectivity index (χ1n) is 5.52. The van der Waals surface area contributed by atoms with Crippen molar-refractivity contribution in [2.24, 2.45) is 0 Å². The summed E-state index contributed by atoms with van der Waals surface area (Å²) in [7, 11) is 1.49. The van der Waals surface area contributed by atoms with E-state index in [-0.39, 0.29) is 6.42 Å². The predicted octanol–water partition coefficient (Wildman–Crippen LogP) is 1.08. The first-order chi connectivity index (χ1) is 8.98. The Kier molecular flexibility index (Phi) is 3.37. The molecule has 1 fully saturated rings. The second kappa shape index (κ2) is 4.83. The molecule has 0 radical (unpaired) electrons. The first-order valence-corrected chi connectivity index (χ1v) is 5.52. The van der Waals surface area contributed by atoms with Crippen LogP contribution in [0, 0.1) is 0 Å². The van der Waals surface area contributed by atoms with Crippen molar-refractivity contribution in [3.8, 4) is 5.75 Å². The van der Waals surface area contributed by atoms with Gasteiger partial charge in [-0.3, -0.25) is 10.1 Å². The second-order valence-corrected chi connectivity index (χ2v) is 4.21. The van der Waals surface area contributed by atoms with Crippen LogP contribution in [0.3, 0.4) is 0 Å². The zero-order valence-corrected chi connectivity index (χ0v) is 10.1. The zero-order chi connectivity index (χ0) is 14.0. The number of benzene rings is 1. The van der Waals surface area contributed by atoms with E-state index in [2.05, 4.69) is 0 Å². The van der Waals surface area contributed by atoms with Gasteiger partial charge in [0.25, 0.3) is 12.3 Å². The topological polar surface area (TPSA) is 67.4 Å². The minimum atomic E-state index is -3.00. The molecular formula is C12H12F2N2O3. The summed E-state index contributed by atoms with van der Waals surface area (Å²) in [6.07, 6.45) is -3.28. The molecule has 0 aliphatic carbocycles. The van der Waals surface area contributed by atoms with Crippen LogP contribution >= 0.6 is 0 Å². The van der Waals surface area contributed by atoms with Crippen LogP contribution in [0.25, 0.3) is 0 Å². The summed E-state index contributed by atoms with van der Waals surface area (Å²) < 4.78 is 31.3. The number of hydrogen-bond donors (Lipinski definition) is 2. The number of carbonyl (C=O) groups excluding carboxylic acids is 2. The summed E-state index contributed by atoms with van der Waals surface area (Å²) in [5.74, 6) is -0.432. The van der Waals surface area contributed by atoms with Crippen LogP contribution in [0.2, 0.25) is 0 Å². The summed E-state index contributed by atoms with van der Waals surface area (Å²) in [6, 6.07) is 5.44. The fourth-order valence-corrected chi connectivity index (χ4v) is 1.93. The van der Waals surface area contributed by atoms with Gasteiger partial charge in [-0.05, 0) is 17.7 Å². The second-order valence-electron chi connectivity index (χ2n) is 4.21. The Balaban J connectivity index is 2.26. The Labute approximate surface area is 107 Å². The van der Waals surface area contributed by atoms with Crippen LogP contribution in [0.5, 0.6) is 5.75 Å². The molecule has 2 N–H and O–H groups in total. The van der Waals surface area contributed by atoms with Crippen molar-refractivity contribution >= 4 is 11.9 Å². The maximum Gasteiger partial charge on any atom is 0.322 e. The Morgan fingerprint density at radius 2 is 1.89 bits per heavy atom. The summed E-state index contributed by atoms with van der Waals surface area (Å²) in [5, 5.41) is 3.85. The van der Waals surface area contributed by atoms with Crippen molar-refractivity contribution in [3.05, 3.63) is 29.8 Å². The molecule has 5 nitrogen and oxygen atoms in total. The summed E-state index contributed by atoms with van der Waals surface area (Å²) in [6.45, 7) is 0. The molecule has 3 amide bonds. The number of rotatable bonds is 4. The summed E-state index contributed by atoms with van der Waals surface area (Å²) in [5.41, 5.74) is -1.70. The molecule has 7 heteroatoms. The highest BCUT2D eigenvalue weighted by atomic mass is 19.3. The summed E-state index contributed by atoms with van der Waals surface area (Å²) >= 11 is 0. The number of nitrogens with one attached hydrogen (secondary N) is 2. The Morgan fingerprint density at radius 3 is 2.32 bits per heavy atom. The number of ether oxygens (including phenoxy) is 1. The molecule has 1 aliphatic rings. The molecule has 1 aliphatic heterocycles. The van der Waals surface area contributed by atoms with Crippen LogP contribution < -0.4 is 15.4 Å². The molecular weight excluding hydrogens is 258 g/mol. The van der Waals surface area contributed by atoms with Crippen molar-refractivity contribution < 1.29 is 23.1 Å². The van der Waals surface area contributed by atoms with E-state index in [1.54, 1.807) is 24.3 Å². The lowest BCUT2D eigenvalue weighted by molar-refractivity contribution is -0.129. The number of imide groups is 1. The van der Waals surface area contributed by atoms with Crippen LogP contribution in [0.1, 0.15) is 5.56 Å². The molecule has 0 saturated carbocycles. The van der Waals surface area contributed by atoms with Gasteiger partial charge in [-0.1, -0.05) is 12.1 Å².